The summed E-state index contributed by atoms with van der Waals surface area (Å²) in [5, 5.41) is 6.17. The molecule has 2 amide bonds. The molecule has 0 spiro atoms. The second-order valence-corrected chi connectivity index (χ2v) is 23.6. The van der Waals surface area contributed by atoms with Gasteiger partial charge < -0.3 is 29.2 Å². The lowest BCUT2D eigenvalue weighted by molar-refractivity contribution is -0.124. The topological polar surface area (TPSA) is 145 Å². The van der Waals surface area contributed by atoms with Gasteiger partial charge in [0.15, 0.2) is 11.3 Å². The quantitative estimate of drug-likeness (QED) is 0.0713. The molecule has 14 heteroatoms. The van der Waals surface area contributed by atoms with E-state index >= 15 is 0 Å². The van der Waals surface area contributed by atoms with E-state index in [-0.39, 0.29) is 18.4 Å². The molecule has 0 atom stereocenters. The number of para-hydroxylation sites is 2. The number of methoxy groups -OCH3 is 1. The van der Waals surface area contributed by atoms with Gasteiger partial charge in [-0.05, 0) is 195 Å². The monoisotopic (exact) mass is 1170 g/mol. The van der Waals surface area contributed by atoms with Gasteiger partial charge >= 0.3 is 0 Å². The van der Waals surface area contributed by atoms with Crippen LogP contribution in [0.3, 0.4) is 0 Å². The average molecular weight is 1180 g/mol. The smallest absolute Gasteiger partial charge is 0.255 e. The van der Waals surface area contributed by atoms with Crippen LogP contribution in [-0.2, 0) is 61.6 Å². The second kappa shape index (κ2) is 28.3. The van der Waals surface area contributed by atoms with Gasteiger partial charge in [0, 0.05) is 57.5 Å². The second-order valence-electron chi connectivity index (χ2n) is 23.6. The summed E-state index contributed by atoms with van der Waals surface area (Å²) in [7, 11) is 1.54. The van der Waals surface area contributed by atoms with Gasteiger partial charge in [-0.3, -0.25) is 19.4 Å². The summed E-state index contributed by atoms with van der Waals surface area (Å²) in [4.78, 5) is 50.2. The molecule has 2 aliphatic rings. The number of nitrogens with zero attached hydrogens (tertiary/aromatic N) is 8. The van der Waals surface area contributed by atoms with Gasteiger partial charge in [-0.15, -0.1) is 0 Å². The number of nitrogens with one attached hydrogen (secondary N) is 2. The number of amides is 2. The number of imidazole rings is 2. The molecule has 0 saturated carbocycles. The predicted octanol–water partition coefficient (Wildman–Crippen LogP) is 13.8. The molecular formula is C74H82N10O4. The normalized spacial score (nSPS) is 13.5. The van der Waals surface area contributed by atoms with E-state index < -0.39 is 0 Å². The summed E-state index contributed by atoms with van der Waals surface area (Å²) in [6.07, 6.45) is 6.77. The van der Waals surface area contributed by atoms with Crippen LogP contribution in [-0.4, -0.2) is 90.6 Å². The predicted molar refractivity (Wildman–Crippen MR) is 352 cm³/mol. The Labute approximate surface area is 518 Å². The van der Waals surface area contributed by atoms with Crippen molar-refractivity contribution < 1.29 is 19.1 Å². The Morgan fingerprint density at radius 1 is 0.500 bits per heavy atom. The number of ether oxygens (including phenoxy) is 2. The van der Waals surface area contributed by atoms with Crippen LogP contribution in [0.5, 0.6) is 11.5 Å². The minimum atomic E-state index is -0.174. The van der Waals surface area contributed by atoms with Gasteiger partial charge in [0.05, 0.1) is 18.7 Å². The summed E-state index contributed by atoms with van der Waals surface area (Å²) in [6.45, 7) is 21.4. The zero-order valence-corrected chi connectivity index (χ0v) is 52.2. The first-order valence-electron chi connectivity index (χ1n) is 31.3. The number of aromatic nitrogens is 6. The molecule has 452 valence electrons. The molecule has 10 aromatic rings. The van der Waals surface area contributed by atoms with Gasteiger partial charge in [0.2, 0.25) is 5.91 Å². The summed E-state index contributed by atoms with van der Waals surface area (Å²) in [5.74, 6) is 3.03. The third-order valence-corrected chi connectivity index (χ3v) is 16.9. The Hall–Kier alpha value is -8.82. The van der Waals surface area contributed by atoms with Crippen LogP contribution >= 0.6 is 0 Å². The van der Waals surface area contributed by atoms with E-state index in [1.807, 2.05) is 62.4 Å². The Balaban J connectivity index is 0.000000187. The van der Waals surface area contributed by atoms with Crippen molar-refractivity contribution in [2.24, 2.45) is 0 Å². The highest BCUT2D eigenvalue weighted by Gasteiger charge is 2.21. The lowest BCUT2D eigenvalue weighted by Crippen LogP contribution is -2.26. The molecule has 2 saturated heterocycles. The number of fused-ring (bicyclic) bond motifs is 2. The summed E-state index contributed by atoms with van der Waals surface area (Å²) >= 11 is 0. The van der Waals surface area contributed by atoms with Crippen LogP contribution in [0, 0.1) is 27.7 Å². The zero-order valence-electron chi connectivity index (χ0n) is 52.2. The Kier molecular flexibility index (Phi) is 19.6. The summed E-state index contributed by atoms with van der Waals surface area (Å²) < 4.78 is 15.6. The van der Waals surface area contributed by atoms with Crippen molar-refractivity contribution >= 4 is 34.1 Å². The average Bonchev–Trinajstić information content (AvgIpc) is 3.39. The third-order valence-electron chi connectivity index (χ3n) is 16.9. The van der Waals surface area contributed by atoms with E-state index in [9.17, 15) is 9.59 Å². The number of aryl methyl sites for hydroxylation is 6. The van der Waals surface area contributed by atoms with Gasteiger partial charge in [-0.2, -0.15) is 0 Å². The molecule has 88 heavy (non-hydrogen) atoms. The number of hydrogen-bond donors (Lipinski definition) is 2. The van der Waals surface area contributed by atoms with Gasteiger partial charge in [-0.1, -0.05) is 117 Å². The van der Waals surface area contributed by atoms with Crippen LogP contribution in [0.2, 0.25) is 0 Å². The molecule has 0 bridgehead atoms. The standard InChI is InChI=1S/C42H43N5O2.C32H39N5O2/c1-4-39-45-40-29(2)24-30(3)44-41(40)47(39)28-31-16-19-33(20-17-31)37-25-32(27-46-22-10-11-23-46)18-21-34(37)26-43-42(48)36-14-8-9-15-38(36)49-35-12-6-5-7-13-35;1-5-29-35-31-22(2)16-23(3)34-32(31)37(29)20-24-8-11-26(12-9-24)28-17-25(19-36-14-6-7-15-36)10-13-27(28)18-33-30(38)21-39-4/h5-9,12-21,24-25H,4,10-11,22-23,26-28H2,1-3H3,(H,43,48);8-13,16-17H,5-7,14-15,18-21H2,1-4H3,(H,33,38). The van der Waals surface area contributed by atoms with Gasteiger partial charge in [0.25, 0.3) is 5.91 Å². The minimum absolute atomic E-state index is 0.0632. The van der Waals surface area contributed by atoms with Crippen LogP contribution < -0.4 is 15.4 Å². The number of pyridine rings is 2. The minimum Gasteiger partial charge on any atom is -0.457 e. The molecule has 0 unspecified atom stereocenters. The number of likely N-dealkylation sites (tertiary alicyclic amines) is 2. The van der Waals surface area contributed by atoms with Crippen molar-refractivity contribution in [2.75, 3.05) is 39.9 Å². The number of benzene rings is 6. The maximum Gasteiger partial charge on any atom is 0.255 e. The fourth-order valence-electron chi connectivity index (χ4n) is 12.4. The number of carbonyl (C=O) groups excluding carboxylic acids is 2. The van der Waals surface area contributed by atoms with Gasteiger partial charge in [-0.25, -0.2) is 19.9 Å². The van der Waals surface area contributed by atoms with E-state index in [0.29, 0.717) is 36.7 Å². The SMILES string of the molecule is CCc1nc2c(C)cc(C)nc2n1Cc1ccc(-c2cc(CN3CCCC3)ccc2CNC(=O)COC)cc1.CCc1nc2c(C)cc(C)nc2n1Cc1ccc(-c2cc(CN3CCCC3)ccc2CNC(=O)c2ccccc2Oc2ccccc2)cc1. The van der Waals surface area contributed by atoms with Crippen LogP contribution in [0.4, 0.5) is 0 Å². The Bertz CT molecular complexity index is 4050. The lowest BCUT2D eigenvalue weighted by atomic mass is 9.96. The fraction of sp³-hybridized carbons (Fsp3) is 0.324. The van der Waals surface area contributed by atoms with Crippen molar-refractivity contribution in [3.8, 4) is 33.8 Å². The first-order chi connectivity index (χ1) is 42.9. The van der Waals surface area contributed by atoms with E-state index in [1.165, 1.54) is 60.6 Å². The van der Waals surface area contributed by atoms with Crippen LogP contribution in [0.1, 0.15) is 117 Å². The Morgan fingerprint density at radius 2 is 0.955 bits per heavy atom. The number of carbonyl (C=O) groups is 2. The number of hydrogen-bond acceptors (Lipinski definition) is 10. The third kappa shape index (κ3) is 14.6. The molecule has 4 aromatic heterocycles. The molecule has 6 aromatic carbocycles. The van der Waals surface area contributed by atoms with Crippen LogP contribution in [0.25, 0.3) is 44.6 Å². The van der Waals surface area contributed by atoms with Crippen molar-refractivity contribution in [1.82, 2.24) is 49.5 Å². The highest BCUT2D eigenvalue weighted by Crippen LogP contribution is 2.32. The molecule has 0 radical (unpaired) electrons. The largest absolute Gasteiger partial charge is 0.457 e. The molecule has 2 N–H and O–H groups in total. The van der Waals surface area contributed by atoms with Crippen molar-refractivity contribution in [1.29, 1.82) is 0 Å². The molecule has 2 fully saturated rings. The fourth-order valence-corrected chi connectivity index (χ4v) is 12.4. The van der Waals surface area contributed by atoms with Crippen molar-refractivity contribution in [3.05, 3.63) is 225 Å². The molecular weight excluding hydrogens is 1090 g/mol. The Morgan fingerprint density at radius 3 is 1.43 bits per heavy atom. The first kappa shape index (κ1) is 60.9. The maximum absolute atomic E-state index is 13.5. The van der Waals surface area contributed by atoms with Crippen molar-refractivity contribution in [3.63, 3.8) is 0 Å². The molecule has 2 aliphatic heterocycles. The molecule has 6 heterocycles. The maximum atomic E-state index is 13.5. The highest BCUT2D eigenvalue weighted by molar-refractivity contribution is 5.97. The van der Waals surface area contributed by atoms with Gasteiger partial charge in [0.1, 0.15) is 40.8 Å². The zero-order chi connectivity index (χ0) is 61.1. The first-order valence-corrected chi connectivity index (χ1v) is 31.3. The molecule has 0 aliphatic carbocycles. The van der Waals surface area contributed by atoms with Crippen LogP contribution in [0.15, 0.2) is 152 Å². The van der Waals surface area contributed by atoms with E-state index in [0.717, 1.165) is 143 Å². The molecule has 14 nitrogen and oxygen atoms in total. The highest BCUT2D eigenvalue weighted by atomic mass is 16.5. The van der Waals surface area contributed by atoms with Crippen molar-refractivity contribution in [2.45, 2.75) is 119 Å². The van der Waals surface area contributed by atoms with E-state index in [4.69, 9.17) is 29.4 Å². The van der Waals surface area contributed by atoms with E-state index in [2.05, 4.69) is 154 Å². The van der Waals surface area contributed by atoms with E-state index in [1.54, 1.807) is 6.07 Å². The number of rotatable bonds is 21. The molecule has 12 rings (SSSR count). The lowest BCUT2D eigenvalue weighted by Gasteiger charge is -2.18. The summed E-state index contributed by atoms with van der Waals surface area (Å²) in [5.41, 5.74) is 20.4. The summed E-state index contributed by atoms with van der Waals surface area (Å²) in [6, 6.07) is 52.0.